The molecule has 0 aromatic carbocycles. The molecule has 1 aromatic rings. The maximum absolute atomic E-state index is 10.6. The van der Waals surface area contributed by atoms with Crippen molar-refractivity contribution in [1.29, 1.82) is 0 Å². The summed E-state index contributed by atoms with van der Waals surface area (Å²) in [6.45, 7) is 2.53. The van der Waals surface area contributed by atoms with Crippen LogP contribution in [0.1, 0.15) is 17.3 Å². The van der Waals surface area contributed by atoms with Gasteiger partial charge in [-0.15, -0.1) is 0 Å². The molecule has 0 aliphatic rings. The summed E-state index contributed by atoms with van der Waals surface area (Å²) in [7, 11) is 0. The molecule has 4 nitrogen and oxygen atoms in total. The molecular weight excluding hydrogens is 192 g/mol. The van der Waals surface area contributed by atoms with Crippen molar-refractivity contribution in [3.63, 3.8) is 0 Å². The van der Waals surface area contributed by atoms with Crippen molar-refractivity contribution < 1.29 is 9.90 Å². The molecule has 0 amide bonds. The number of pyridine rings is 1. The van der Waals surface area contributed by atoms with Crippen LogP contribution in [0.4, 0.5) is 5.82 Å². The zero-order chi connectivity index (χ0) is 9.84. The van der Waals surface area contributed by atoms with Gasteiger partial charge in [-0.3, -0.25) is 0 Å². The van der Waals surface area contributed by atoms with Gasteiger partial charge in [0.25, 0.3) is 0 Å². The molecule has 0 radical (unpaired) electrons. The molecule has 1 rings (SSSR count). The standard InChI is InChI=1S/C8H9ClN2O2/c1-2-10-7-6(9)5(8(12)13)3-4-11-7/h3-4H,2H2,1H3,(H,10,11)(H,12,13). The number of nitrogens with one attached hydrogen (secondary N) is 1. The number of anilines is 1. The highest BCUT2D eigenvalue weighted by atomic mass is 35.5. The second-order valence-corrected chi connectivity index (χ2v) is 2.73. The van der Waals surface area contributed by atoms with Gasteiger partial charge in [-0.05, 0) is 13.0 Å². The second-order valence-electron chi connectivity index (χ2n) is 2.36. The largest absolute Gasteiger partial charge is 0.478 e. The highest BCUT2D eigenvalue weighted by molar-refractivity contribution is 6.35. The summed E-state index contributed by atoms with van der Waals surface area (Å²) in [5.74, 6) is -0.643. The van der Waals surface area contributed by atoms with Crippen LogP contribution in [0, 0.1) is 0 Å². The average Bonchev–Trinajstić information content (AvgIpc) is 2.08. The Hall–Kier alpha value is -1.29. The zero-order valence-electron chi connectivity index (χ0n) is 7.04. The Morgan fingerprint density at radius 1 is 1.77 bits per heavy atom. The summed E-state index contributed by atoms with van der Waals surface area (Å²) < 4.78 is 0. The van der Waals surface area contributed by atoms with Crippen LogP contribution >= 0.6 is 11.6 Å². The van der Waals surface area contributed by atoms with Gasteiger partial charge in [0.05, 0.1) is 10.6 Å². The lowest BCUT2D eigenvalue weighted by Crippen LogP contribution is -2.04. The fourth-order valence-corrected chi connectivity index (χ4v) is 1.16. The summed E-state index contributed by atoms with van der Waals surface area (Å²) >= 11 is 5.78. The van der Waals surface area contributed by atoms with Gasteiger partial charge < -0.3 is 10.4 Å². The summed E-state index contributed by atoms with van der Waals surface area (Å²) in [5.41, 5.74) is 0.0626. The summed E-state index contributed by atoms with van der Waals surface area (Å²) in [4.78, 5) is 14.5. The lowest BCUT2D eigenvalue weighted by molar-refractivity contribution is 0.0697. The van der Waals surface area contributed by atoms with Crippen molar-refractivity contribution in [2.75, 3.05) is 11.9 Å². The number of carbonyl (C=O) groups is 1. The number of carboxylic acid groups (broad SMARTS) is 1. The Balaban J connectivity index is 3.10. The molecule has 5 heteroatoms. The molecule has 1 heterocycles. The normalized spacial score (nSPS) is 9.69. The minimum atomic E-state index is -1.05. The van der Waals surface area contributed by atoms with E-state index in [9.17, 15) is 4.79 Å². The van der Waals surface area contributed by atoms with Crippen molar-refractivity contribution in [3.8, 4) is 0 Å². The van der Waals surface area contributed by atoms with E-state index in [-0.39, 0.29) is 10.6 Å². The number of aromatic carboxylic acids is 1. The second kappa shape index (κ2) is 4.09. The first-order chi connectivity index (χ1) is 6.16. The molecule has 0 unspecified atom stereocenters. The summed E-state index contributed by atoms with van der Waals surface area (Å²) in [6, 6.07) is 1.37. The third kappa shape index (κ3) is 2.09. The molecule has 0 saturated heterocycles. The lowest BCUT2D eigenvalue weighted by atomic mass is 10.2. The lowest BCUT2D eigenvalue weighted by Gasteiger charge is -2.05. The molecule has 0 fully saturated rings. The average molecular weight is 201 g/mol. The molecule has 2 N–H and O–H groups in total. The van der Waals surface area contributed by atoms with E-state index in [2.05, 4.69) is 10.3 Å². The van der Waals surface area contributed by atoms with E-state index in [1.165, 1.54) is 12.3 Å². The Morgan fingerprint density at radius 3 is 3.00 bits per heavy atom. The van der Waals surface area contributed by atoms with Gasteiger partial charge in [0.15, 0.2) is 0 Å². The maximum Gasteiger partial charge on any atom is 0.337 e. The SMILES string of the molecule is CCNc1nccc(C(=O)O)c1Cl. The highest BCUT2D eigenvalue weighted by Gasteiger charge is 2.11. The molecule has 0 saturated carbocycles. The predicted octanol–water partition coefficient (Wildman–Crippen LogP) is 1.86. The predicted molar refractivity (Wildman–Crippen MR) is 50.4 cm³/mol. The first-order valence-electron chi connectivity index (χ1n) is 3.78. The molecule has 0 aliphatic carbocycles. The van der Waals surface area contributed by atoms with Crippen molar-refractivity contribution in [3.05, 3.63) is 22.8 Å². The van der Waals surface area contributed by atoms with Crippen LogP contribution in [0.25, 0.3) is 0 Å². The van der Waals surface area contributed by atoms with Crippen LogP contribution in [0.2, 0.25) is 5.02 Å². The molecule has 0 aliphatic heterocycles. The molecule has 0 atom stereocenters. The van der Waals surface area contributed by atoms with Gasteiger partial charge >= 0.3 is 5.97 Å². The smallest absolute Gasteiger partial charge is 0.337 e. The van der Waals surface area contributed by atoms with Crippen LogP contribution < -0.4 is 5.32 Å². The Kier molecular flexibility index (Phi) is 3.08. The first kappa shape index (κ1) is 9.80. The van der Waals surface area contributed by atoms with E-state index >= 15 is 0 Å². The number of hydrogen-bond acceptors (Lipinski definition) is 3. The fraction of sp³-hybridized carbons (Fsp3) is 0.250. The maximum atomic E-state index is 10.6. The minimum absolute atomic E-state index is 0.0626. The Morgan fingerprint density at radius 2 is 2.46 bits per heavy atom. The molecular formula is C8H9ClN2O2. The third-order valence-electron chi connectivity index (χ3n) is 1.46. The van der Waals surface area contributed by atoms with Gasteiger partial charge in [-0.1, -0.05) is 11.6 Å². The van der Waals surface area contributed by atoms with Gasteiger partial charge in [0.2, 0.25) is 0 Å². The number of hydrogen-bond donors (Lipinski definition) is 2. The van der Waals surface area contributed by atoms with Crippen LogP contribution in [0.5, 0.6) is 0 Å². The summed E-state index contributed by atoms with van der Waals surface area (Å²) in [6.07, 6.45) is 1.41. The van der Waals surface area contributed by atoms with E-state index in [1.54, 1.807) is 0 Å². The molecule has 13 heavy (non-hydrogen) atoms. The van der Waals surface area contributed by atoms with E-state index in [0.29, 0.717) is 12.4 Å². The van der Waals surface area contributed by atoms with Crippen LogP contribution in [-0.4, -0.2) is 22.6 Å². The minimum Gasteiger partial charge on any atom is -0.478 e. The highest BCUT2D eigenvalue weighted by Crippen LogP contribution is 2.22. The van der Waals surface area contributed by atoms with E-state index in [4.69, 9.17) is 16.7 Å². The van der Waals surface area contributed by atoms with E-state index in [1.807, 2.05) is 6.92 Å². The fourth-order valence-electron chi connectivity index (χ4n) is 0.900. The van der Waals surface area contributed by atoms with Gasteiger partial charge in [0.1, 0.15) is 5.82 Å². The number of carboxylic acids is 1. The number of halogens is 1. The number of aromatic nitrogens is 1. The third-order valence-corrected chi connectivity index (χ3v) is 1.85. The quantitative estimate of drug-likeness (QED) is 0.782. The monoisotopic (exact) mass is 200 g/mol. The zero-order valence-corrected chi connectivity index (χ0v) is 7.80. The van der Waals surface area contributed by atoms with Crippen molar-refractivity contribution in [2.24, 2.45) is 0 Å². The van der Waals surface area contributed by atoms with Crippen molar-refractivity contribution in [1.82, 2.24) is 4.98 Å². The van der Waals surface area contributed by atoms with Crippen LogP contribution in [-0.2, 0) is 0 Å². The van der Waals surface area contributed by atoms with Crippen LogP contribution in [0.3, 0.4) is 0 Å². The molecule has 1 aromatic heterocycles. The summed E-state index contributed by atoms with van der Waals surface area (Å²) in [5, 5.41) is 11.7. The van der Waals surface area contributed by atoms with E-state index < -0.39 is 5.97 Å². The van der Waals surface area contributed by atoms with Gasteiger partial charge in [-0.25, -0.2) is 9.78 Å². The Bertz CT molecular complexity index is 328. The molecule has 70 valence electrons. The topological polar surface area (TPSA) is 62.2 Å². The molecule has 0 spiro atoms. The van der Waals surface area contributed by atoms with Gasteiger partial charge in [-0.2, -0.15) is 0 Å². The number of nitrogens with zero attached hydrogens (tertiary/aromatic N) is 1. The Labute approximate surface area is 80.6 Å². The number of rotatable bonds is 3. The van der Waals surface area contributed by atoms with Crippen molar-refractivity contribution in [2.45, 2.75) is 6.92 Å². The van der Waals surface area contributed by atoms with Crippen LogP contribution in [0.15, 0.2) is 12.3 Å². The molecule has 0 bridgehead atoms. The van der Waals surface area contributed by atoms with Crippen molar-refractivity contribution >= 4 is 23.4 Å². The van der Waals surface area contributed by atoms with Gasteiger partial charge in [0, 0.05) is 12.7 Å². The first-order valence-corrected chi connectivity index (χ1v) is 4.16. The van der Waals surface area contributed by atoms with E-state index in [0.717, 1.165) is 0 Å².